The molecule has 0 saturated heterocycles. The molecule has 7 heteroatoms. The summed E-state index contributed by atoms with van der Waals surface area (Å²) in [5, 5.41) is 13.0. The zero-order valence-corrected chi connectivity index (χ0v) is 17.0. The highest BCUT2D eigenvalue weighted by atomic mass is 35.5. The first-order valence-corrected chi connectivity index (χ1v) is 9.64. The minimum atomic E-state index is -0.414. The van der Waals surface area contributed by atoms with Gasteiger partial charge in [-0.15, -0.1) is 10.2 Å². The van der Waals surface area contributed by atoms with E-state index in [1.165, 1.54) is 0 Å². The van der Waals surface area contributed by atoms with E-state index in [1.54, 1.807) is 19.2 Å². The number of halogens is 2. The van der Waals surface area contributed by atoms with Crippen molar-refractivity contribution >= 4 is 28.9 Å². The maximum absolute atomic E-state index is 6.28. The van der Waals surface area contributed by atoms with Crippen molar-refractivity contribution in [1.82, 2.24) is 10.2 Å². The number of rotatable bonds is 6. The van der Waals surface area contributed by atoms with Gasteiger partial charge >= 0.3 is 0 Å². The second kappa shape index (κ2) is 8.55. The highest BCUT2D eigenvalue weighted by Crippen LogP contribution is 2.33. The third-order valence-electron chi connectivity index (χ3n) is 4.35. The first kappa shape index (κ1) is 19.3. The van der Waals surface area contributed by atoms with Crippen LogP contribution in [-0.4, -0.2) is 17.3 Å². The lowest BCUT2D eigenvalue weighted by Crippen LogP contribution is -2.13. The van der Waals surface area contributed by atoms with Crippen molar-refractivity contribution in [2.24, 2.45) is 0 Å². The molecule has 0 fully saturated rings. The van der Waals surface area contributed by atoms with Crippen LogP contribution in [0.15, 0.2) is 77.2 Å². The van der Waals surface area contributed by atoms with Crippen molar-refractivity contribution in [3.63, 3.8) is 0 Å². The predicted molar refractivity (Wildman–Crippen MR) is 115 cm³/mol. The number of ether oxygens (including phenoxy) is 1. The fourth-order valence-corrected chi connectivity index (χ4v) is 3.40. The quantitative estimate of drug-likeness (QED) is 0.395. The van der Waals surface area contributed by atoms with Gasteiger partial charge in [0.05, 0.1) is 12.1 Å². The van der Waals surface area contributed by atoms with Crippen LogP contribution in [-0.2, 0) is 0 Å². The van der Waals surface area contributed by atoms with Crippen LogP contribution in [0.1, 0.15) is 17.5 Å². The molecule has 0 aliphatic heterocycles. The fraction of sp³-hybridized carbons (Fsp3) is 0.0909. The number of nitrogens with one attached hydrogen (secondary N) is 1. The third kappa shape index (κ3) is 4.36. The molecule has 1 N–H and O–H groups in total. The minimum absolute atomic E-state index is 0.414. The molecule has 0 spiro atoms. The monoisotopic (exact) mass is 425 g/mol. The normalized spacial score (nSPS) is 11.8. The van der Waals surface area contributed by atoms with Gasteiger partial charge in [-0.2, -0.15) is 0 Å². The highest BCUT2D eigenvalue weighted by molar-refractivity contribution is 6.32. The second-order valence-corrected chi connectivity index (χ2v) is 7.14. The predicted octanol–water partition coefficient (Wildman–Crippen LogP) is 6.25. The van der Waals surface area contributed by atoms with Crippen LogP contribution in [0, 0.1) is 0 Å². The van der Waals surface area contributed by atoms with Gasteiger partial charge in [-0.1, -0.05) is 53.5 Å². The van der Waals surface area contributed by atoms with Gasteiger partial charge in [-0.25, -0.2) is 0 Å². The van der Waals surface area contributed by atoms with Crippen molar-refractivity contribution in [3.8, 4) is 17.2 Å². The summed E-state index contributed by atoms with van der Waals surface area (Å²) in [6, 6.07) is 22.1. The van der Waals surface area contributed by atoms with E-state index in [-0.39, 0.29) is 0 Å². The Morgan fingerprint density at radius 2 is 1.76 bits per heavy atom. The highest BCUT2D eigenvalue weighted by Gasteiger charge is 2.22. The Morgan fingerprint density at radius 3 is 2.48 bits per heavy atom. The van der Waals surface area contributed by atoms with Gasteiger partial charge in [0.25, 0.3) is 0 Å². The van der Waals surface area contributed by atoms with E-state index in [9.17, 15) is 0 Å². The lowest BCUT2D eigenvalue weighted by atomic mass is 10.1. The van der Waals surface area contributed by atoms with Crippen LogP contribution in [0.5, 0.6) is 5.75 Å². The van der Waals surface area contributed by atoms with E-state index in [0.717, 1.165) is 16.8 Å². The molecule has 146 valence electrons. The molecule has 0 bridgehead atoms. The van der Waals surface area contributed by atoms with Gasteiger partial charge in [0.15, 0.2) is 0 Å². The van der Waals surface area contributed by atoms with Gasteiger partial charge < -0.3 is 14.5 Å². The van der Waals surface area contributed by atoms with E-state index in [2.05, 4.69) is 15.5 Å². The largest absolute Gasteiger partial charge is 0.495 e. The SMILES string of the molecule is COc1ccc(N[C@@H](c2cccc(Cl)c2)c2nnc(-c3ccccc3)o2)cc1Cl. The molecule has 0 unspecified atom stereocenters. The molecule has 0 amide bonds. The molecule has 0 radical (unpaired) electrons. The summed E-state index contributed by atoms with van der Waals surface area (Å²) in [4.78, 5) is 0. The summed E-state index contributed by atoms with van der Waals surface area (Å²) >= 11 is 12.5. The molecule has 1 atom stereocenters. The number of nitrogens with zero attached hydrogens (tertiary/aromatic N) is 2. The zero-order valence-electron chi connectivity index (χ0n) is 15.5. The van der Waals surface area contributed by atoms with Crippen molar-refractivity contribution in [3.05, 3.63) is 94.3 Å². The Morgan fingerprint density at radius 1 is 0.931 bits per heavy atom. The number of hydrogen-bond acceptors (Lipinski definition) is 5. The number of methoxy groups -OCH3 is 1. The molecule has 0 aliphatic rings. The molecule has 0 saturated carbocycles. The summed E-state index contributed by atoms with van der Waals surface area (Å²) in [7, 11) is 1.58. The standard InChI is InChI=1S/C22H17Cl2N3O2/c1-28-19-11-10-17(13-18(19)24)25-20(15-8-5-9-16(23)12-15)22-27-26-21(29-22)14-6-3-2-4-7-14/h2-13,20,25H,1H3/t20-/m0/s1. The minimum Gasteiger partial charge on any atom is -0.495 e. The Hall–Kier alpha value is -3.02. The van der Waals surface area contributed by atoms with Crippen molar-refractivity contribution in [2.45, 2.75) is 6.04 Å². The van der Waals surface area contributed by atoms with Gasteiger partial charge in [-0.05, 0) is 48.0 Å². The average Bonchev–Trinajstić information content (AvgIpc) is 3.23. The third-order valence-corrected chi connectivity index (χ3v) is 4.88. The molecule has 1 aromatic heterocycles. The van der Waals surface area contributed by atoms with E-state index in [1.807, 2.05) is 60.7 Å². The molecule has 1 heterocycles. The molecule has 4 aromatic rings. The summed E-state index contributed by atoms with van der Waals surface area (Å²) in [5.41, 5.74) is 2.51. The number of benzene rings is 3. The molecular weight excluding hydrogens is 409 g/mol. The molecule has 4 rings (SSSR count). The first-order valence-electron chi connectivity index (χ1n) is 8.88. The lowest BCUT2D eigenvalue weighted by Gasteiger charge is -2.18. The summed E-state index contributed by atoms with van der Waals surface area (Å²) < 4.78 is 11.2. The fourth-order valence-electron chi connectivity index (χ4n) is 2.95. The van der Waals surface area contributed by atoms with Crippen molar-refractivity contribution in [1.29, 1.82) is 0 Å². The molecule has 29 heavy (non-hydrogen) atoms. The van der Waals surface area contributed by atoms with Gasteiger partial charge in [0.2, 0.25) is 11.8 Å². The van der Waals surface area contributed by atoms with Crippen LogP contribution >= 0.6 is 23.2 Å². The summed E-state index contributed by atoms with van der Waals surface area (Å²) in [6.45, 7) is 0. The van der Waals surface area contributed by atoms with Crippen LogP contribution in [0.25, 0.3) is 11.5 Å². The van der Waals surface area contributed by atoms with Crippen LogP contribution in [0.4, 0.5) is 5.69 Å². The van der Waals surface area contributed by atoms with Crippen molar-refractivity contribution in [2.75, 3.05) is 12.4 Å². The summed E-state index contributed by atoms with van der Waals surface area (Å²) in [5.74, 6) is 1.46. The molecule has 5 nitrogen and oxygen atoms in total. The van der Waals surface area contributed by atoms with Crippen molar-refractivity contribution < 1.29 is 9.15 Å². The Kier molecular flexibility index (Phi) is 5.69. The number of hydrogen-bond donors (Lipinski definition) is 1. The van der Waals surface area contributed by atoms with Gasteiger partial charge in [-0.3, -0.25) is 0 Å². The summed E-state index contributed by atoms with van der Waals surface area (Å²) in [6.07, 6.45) is 0. The number of aromatic nitrogens is 2. The van der Waals surface area contributed by atoms with Gasteiger partial charge in [0, 0.05) is 16.3 Å². The van der Waals surface area contributed by atoms with E-state index >= 15 is 0 Å². The average molecular weight is 426 g/mol. The Balaban J connectivity index is 1.71. The second-order valence-electron chi connectivity index (χ2n) is 6.29. The molecule has 3 aromatic carbocycles. The number of anilines is 1. The van der Waals surface area contributed by atoms with Crippen LogP contribution < -0.4 is 10.1 Å². The Bertz CT molecular complexity index is 1120. The van der Waals surface area contributed by atoms with Crippen LogP contribution in [0.3, 0.4) is 0 Å². The molecule has 0 aliphatic carbocycles. The van der Waals surface area contributed by atoms with Gasteiger partial charge in [0.1, 0.15) is 11.8 Å². The lowest BCUT2D eigenvalue weighted by molar-refractivity contribution is 0.415. The maximum atomic E-state index is 6.28. The van der Waals surface area contributed by atoms with E-state index in [0.29, 0.717) is 27.6 Å². The van der Waals surface area contributed by atoms with E-state index < -0.39 is 6.04 Å². The zero-order chi connectivity index (χ0) is 20.2. The van der Waals surface area contributed by atoms with E-state index in [4.69, 9.17) is 32.4 Å². The maximum Gasteiger partial charge on any atom is 0.247 e. The topological polar surface area (TPSA) is 60.2 Å². The first-order chi connectivity index (χ1) is 14.1. The molecular formula is C22H17Cl2N3O2. The van der Waals surface area contributed by atoms with Crippen LogP contribution in [0.2, 0.25) is 10.0 Å². The Labute approximate surface area is 178 Å². The smallest absolute Gasteiger partial charge is 0.247 e.